The molecule has 0 aliphatic heterocycles. The van der Waals surface area contributed by atoms with Crippen LogP contribution in [-0.2, 0) is 11.3 Å². The first-order valence-electron chi connectivity index (χ1n) is 7.70. The molecule has 1 N–H and O–H groups in total. The molecule has 2 aromatic rings. The van der Waals surface area contributed by atoms with Crippen molar-refractivity contribution in [2.45, 2.75) is 26.4 Å². The van der Waals surface area contributed by atoms with Gasteiger partial charge in [-0.1, -0.05) is 24.3 Å². The van der Waals surface area contributed by atoms with E-state index in [1.807, 2.05) is 74.3 Å². The number of carbonyl (C=O) groups excluding carboxylic acids is 1. The molecule has 1 atom stereocenters. The second-order valence-corrected chi connectivity index (χ2v) is 5.80. The van der Waals surface area contributed by atoms with Crippen LogP contribution in [0.15, 0.2) is 48.5 Å². The van der Waals surface area contributed by atoms with Gasteiger partial charge in [0.05, 0.1) is 13.2 Å². The third kappa shape index (κ3) is 4.83. The lowest BCUT2D eigenvalue weighted by atomic mass is 10.1. The Morgan fingerprint density at radius 2 is 1.96 bits per heavy atom. The number of likely N-dealkylation sites (N-methyl/N-ethyl adjacent to an activating group) is 1. The van der Waals surface area contributed by atoms with Gasteiger partial charge in [0.1, 0.15) is 5.75 Å². The first kappa shape index (κ1) is 17.0. The van der Waals surface area contributed by atoms with Crippen molar-refractivity contribution in [3.8, 4) is 5.75 Å². The minimum atomic E-state index is -0.235. The summed E-state index contributed by atoms with van der Waals surface area (Å²) < 4.78 is 5.24. The van der Waals surface area contributed by atoms with Gasteiger partial charge in [-0.2, -0.15) is 0 Å². The predicted octanol–water partition coefficient (Wildman–Crippen LogP) is 3.46. The summed E-state index contributed by atoms with van der Waals surface area (Å²) in [7, 11) is 3.60. The Hall–Kier alpha value is -2.33. The van der Waals surface area contributed by atoms with Crippen LogP contribution in [0.4, 0.5) is 5.69 Å². The monoisotopic (exact) mass is 312 g/mol. The maximum absolute atomic E-state index is 12.4. The molecule has 0 saturated heterocycles. The van der Waals surface area contributed by atoms with Gasteiger partial charge < -0.3 is 10.1 Å². The number of rotatable bonds is 6. The van der Waals surface area contributed by atoms with Gasteiger partial charge in [0, 0.05) is 12.2 Å². The van der Waals surface area contributed by atoms with Crippen molar-refractivity contribution < 1.29 is 9.53 Å². The molecule has 122 valence electrons. The Balaban J connectivity index is 1.98. The van der Waals surface area contributed by atoms with Gasteiger partial charge in [0.2, 0.25) is 5.91 Å². The predicted molar refractivity (Wildman–Crippen MR) is 93.7 cm³/mol. The van der Waals surface area contributed by atoms with Crippen LogP contribution in [0.1, 0.15) is 18.1 Å². The minimum Gasteiger partial charge on any atom is -0.497 e. The smallest absolute Gasteiger partial charge is 0.241 e. The molecule has 4 heteroatoms. The van der Waals surface area contributed by atoms with Crippen molar-refractivity contribution in [1.82, 2.24) is 4.90 Å². The lowest BCUT2D eigenvalue weighted by Gasteiger charge is -2.24. The third-order valence-electron chi connectivity index (χ3n) is 3.89. The summed E-state index contributed by atoms with van der Waals surface area (Å²) in [5, 5.41) is 2.97. The number of amides is 1. The average molecular weight is 312 g/mol. The van der Waals surface area contributed by atoms with E-state index >= 15 is 0 Å². The molecule has 2 aromatic carbocycles. The third-order valence-corrected chi connectivity index (χ3v) is 3.89. The second kappa shape index (κ2) is 7.79. The van der Waals surface area contributed by atoms with E-state index in [2.05, 4.69) is 5.32 Å². The Morgan fingerprint density at radius 3 is 2.65 bits per heavy atom. The summed E-state index contributed by atoms with van der Waals surface area (Å²) in [5.41, 5.74) is 3.07. The number of benzene rings is 2. The summed E-state index contributed by atoms with van der Waals surface area (Å²) in [6.07, 6.45) is 0. The molecule has 0 saturated carbocycles. The van der Waals surface area contributed by atoms with Crippen LogP contribution in [-0.4, -0.2) is 31.0 Å². The van der Waals surface area contributed by atoms with E-state index in [0.717, 1.165) is 22.6 Å². The van der Waals surface area contributed by atoms with E-state index in [4.69, 9.17) is 4.74 Å². The lowest BCUT2D eigenvalue weighted by Crippen LogP contribution is -2.39. The maximum Gasteiger partial charge on any atom is 0.241 e. The Labute approximate surface area is 138 Å². The van der Waals surface area contributed by atoms with Crippen LogP contribution in [0.5, 0.6) is 5.75 Å². The second-order valence-electron chi connectivity index (χ2n) is 5.80. The highest BCUT2D eigenvalue weighted by atomic mass is 16.5. The molecular weight excluding hydrogens is 288 g/mol. The zero-order chi connectivity index (χ0) is 16.8. The molecule has 1 unspecified atom stereocenters. The fourth-order valence-electron chi connectivity index (χ4n) is 2.37. The number of ether oxygens (including phenoxy) is 1. The van der Waals surface area contributed by atoms with Crippen molar-refractivity contribution in [2.75, 3.05) is 19.5 Å². The van der Waals surface area contributed by atoms with Crippen molar-refractivity contribution in [3.63, 3.8) is 0 Å². The molecule has 0 heterocycles. The molecule has 0 aromatic heterocycles. The van der Waals surface area contributed by atoms with E-state index in [1.165, 1.54) is 0 Å². The highest BCUT2D eigenvalue weighted by Crippen LogP contribution is 2.16. The fourth-order valence-corrected chi connectivity index (χ4v) is 2.37. The number of hydrogen-bond donors (Lipinski definition) is 1. The summed E-state index contributed by atoms with van der Waals surface area (Å²) in [5.74, 6) is 0.814. The van der Waals surface area contributed by atoms with Gasteiger partial charge in [-0.3, -0.25) is 9.69 Å². The van der Waals surface area contributed by atoms with Crippen LogP contribution in [0.25, 0.3) is 0 Å². The number of methoxy groups -OCH3 is 1. The van der Waals surface area contributed by atoms with E-state index in [1.54, 1.807) is 7.11 Å². The van der Waals surface area contributed by atoms with E-state index in [9.17, 15) is 4.79 Å². The van der Waals surface area contributed by atoms with Gasteiger partial charge in [-0.05, 0) is 56.3 Å². The zero-order valence-electron chi connectivity index (χ0n) is 14.2. The molecule has 23 heavy (non-hydrogen) atoms. The first-order valence-corrected chi connectivity index (χ1v) is 7.70. The lowest BCUT2D eigenvalue weighted by molar-refractivity contribution is -0.120. The van der Waals surface area contributed by atoms with Gasteiger partial charge in [-0.25, -0.2) is 0 Å². The quantitative estimate of drug-likeness (QED) is 0.888. The average Bonchev–Trinajstić information content (AvgIpc) is 2.54. The number of anilines is 1. The molecule has 0 aliphatic carbocycles. The number of carbonyl (C=O) groups is 1. The normalized spacial score (nSPS) is 12.0. The molecule has 0 aliphatic rings. The fraction of sp³-hybridized carbons (Fsp3) is 0.316. The van der Waals surface area contributed by atoms with Crippen LogP contribution in [0.3, 0.4) is 0 Å². The molecule has 0 radical (unpaired) electrons. The Morgan fingerprint density at radius 1 is 1.22 bits per heavy atom. The highest BCUT2D eigenvalue weighted by Gasteiger charge is 2.18. The van der Waals surface area contributed by atoms with E-state index in [-0.39, 0.29) is 11.9 Å². The SMILES string of the molecule is COc1cccc(CN(C)C(C)C(=O)Nc2cccc(C)c2)c1. The van der Waals surface area contributed by atoms with Crippen molar-refractivity contribution >= 4 is 11.6 Å². The highest BCUT2D eigenvalue weighted by molar-refractivity contribution is 5.94. The number of nitrogens with one attached hydrogen (secondary N) is 1. The number of aryl methyl sites for hydroxylation is 1. The summed E-state index contributed by atoms with van der Waals surface area (Å²) in [4.78, 5) is 14.4. The van der Waals surface area contributed by atoms with Gasteiger partial charge >= 0.3 is 0 Å². The molecule has 4 nitrogen and oxygen atoms in total. The van der Waals surface area contributed by atoms with Gasteiger partial charge in [-0.15, -0.1) is 0 Å². The molecule has 0 fully saturated rings. The summed E-state index contributed by atoms with van der Waals surface area (Å²) >= 11 is 0. The topological polar surface area (TPSA) is 41.6 Å². The molecule has 2 rings (SSSR count). The van der Waals surface area contributed by atoms with Crippen LogP contribution < -0.4 is 10.1 Å². The number of hydrogen-bond acceptors (Lipinski definition) is 3. The van der Waals surface area contributed by atoms with E-state index < -0.39 is 0 Å². The molecule has 0 bridgehead atoms. The first-order chi connectivity index (χ1) is 11.0. The van der Waals surface area contributed by atoms with Crippen LogP contribution in [0, 0.1) is 6.92 Å². The van der Waals surface area contributed by atoms with Crippen LogP contribution >= 0.6 is 0 Å². The molecule has 1 amide bonds. The van der Waals surface area contributed by atoms with Gasteiger partial charge in [0.25, 0.3) is 0 Å². The number of nitrogens with zero attached hydrogens (tertiary/aromatic N) is 1. The largest absolute Gasteiger partial charge is 0.497 e. The molecule has 0 spiro atoms. The summed E-state index contributed by atoms with van der Waals surface area (Å²) in [6, 6.07) is 15.5. The zero-order valence-corrected chi connectivity index (χ0v) is 14.2. The van der Waals surface area contributed by atoms with Crippen molar-refractivity contribution in [1.29, 1.82) is 0 Å². The van der Waals surface area contributed by atoms with Crippen molar-refractivity contribution in [3.05, 3.63) is 59.7 Å². The minimum absolute atomic E-state index is 0.0130. The standard InChI is InChI=1S/C19H24N2O2/c1-14-7-5-9-17(11-14)20-19(22)15(2)21(3)13-16-8-6-10-18(12-16)23-4/h5-12,15H,13H2,1-4H3,(H,20,22). The summed E-state index contributed by atoms with van der Waals surface area (Å²) in [6.45, 7) is 4.60. The molecular formula is C19H24N2O2. The Kier molecular flexibility index (Phi) is 5.77. The van der Waals surface area contributed by atoms with Gasteiger partial charge in [0.15, 0.2) is 0 Å². The van der Waals surface area contributed by atoms with Crippen LogP contribution in [0.2, 0.25) is 0 Å². The van der Waals surface area contributed by atoms with Crippen molar-refractivity contribution in [2.24, 2.45) is 0 Å². The van der Waals surface area contributed by atoms with E-state index in [0.29, 0.717) is 6.54 Å². The Bertz CT molecular complexity index is 670. The maximum atomic E-state index is 12.4.